The molecule has 0 aliphatic carbocycles. The number of rotatable bonds is 16. The molecule has 0 fully saturated rings. The molecule has 4 heteroatoms. The van der Waals surface area contributed by atoms with E-state index in [1.165, 1.54) is 83.5 Å². The first kappa shape index (κ1) is 24.8. The van der Waals surface area contributed by atoms with E-state index in [2.05, 4.69) is 6.92 Å². The predicted octanol–water partition coefficient (Wildman–Crippen LogP) is 7.48. The van der Waals surface area contributed by atoms with E-state index in [1.807, 2.05) is 7.05 Å². The van der Waals surface area contributed by atoms with Crippen LogP contribution in [0.2, 0.25) is 5.02 Å². The average molecular weight is 409 g/mol. The number of carbonyl (C=O) groups is 1. The van der Waals surface area contributed by atoms with Crippen molar-refractivity contribution in [2.45, 2.75) is 96.8 Å². The molecule has 0 aliphatic rings. The molecule has 0 bridgehead atoms. The summed E-state index contributed by atoms with van der Waals surface area (Å²) in [6.45, 7) is 3.06. The monoisotopic (exact) mass is 408 g/mol. The molecule has 1 aromatic carbocycles. The summed E-state index contributed by atoms with van der Waals surface area (Å²) >= 11 is 5.92. The van der Waals surface area contributed by atoms with Gasteiger partial charge in [-0.05, 0) is 24.6 Å². The second kappa shape index (κ2) is 15.7. The molecule has 0 heterocycles. The van der Waals surface area contributed by atoms with Gasteiger partial charge >= 0.3 is 0 Å². The molecule has 0 radical (unpaired) electrons. The maximum absolute atomic E-state index is 12.4. The summed E-state index contributed by atoms with van der Waals surface area (Å²) in [4.78, 5) is 14.2. The lowest BCUT2D eigenvalue weighted by molar-refractivity contribution is 0.0792. The van der Waals surface area contributed by atoms with E-state index in [4.69, 9.17) is 17.3 Å². The summed E-state index contributed by atoms with van der Waals surface area (Å²) in [7, 11) is 1.86. The van der Waals surface area contributed by atoms with E-state index in [0.29, 0.717) is 16.3 Å². The summed E-state index contributed by atoms with van der Waals surface area (Å²) in [6.07, 6.45) is 18.8. The third kappa shape index (κ3) is 10.9. The van der Waals surface area contributed by atoms with Crippen LogP contribution in [-0.2, 0) is 0 Å². The Morgan fingerprint density at radius 3 is 1.79 bits per heavy atom. The van der Waals surface area contributed by atoms with Crippen LogP contribution in [-0.4, -0.2) is 24.4 Å². The van der Waals surface area contributed by atoms with E-state index in [0.717, 1.165) is 13.0 Å². The first-order valence-electron chi connectivity index (χ1n) is 11.4. The lowest BCUT2D eigenvalue weighted by Gasteiger charge is -2.17. The maximum atomic E-state index is 12.4. The van der Waals surface area contributed by atoms with Gasteiger partial charge in [0, 0.05) is 19.2 Å². The second-order valence-corrected chi connectivity index (χ2v) is 8.47. The zero-order chi connectivity index (χ0) is 20.6. The number of hydrogen-bond acceptors (Lipinski definition) is 2. The Labute approximate surface area is 178 Å². The largest absolute Gasteiger partial charge is 0.398 e. The van der Waals surface area contributed by atoms with Gasteiger partial charge in [0.25, 0.3) is 5.91 Å². The van der Waals surface area contributed by atoms with Crippen LogP contribution in [0.3, 0.4) is 0 Å². The lowest BCUT2D eigenvalue weighted by Crippen LogP contribution is -2.27. The summed E-state index contributed by atoms with van der Waals surface area (Å²) in [5.41, 5.74) is 6.85. The maximum Gasteiger partial charge on any atom is 0.253 e. The fourth-order valence-electron chi connectivity index (χ4n) is 3.54. The first-order chi connectivity index (χ1) is 13.6. The van der Waals surface area contributed by atoms with Crippen molar-refractivity contribution >= 4 is 23.2 Å². The minimum Gasteiger partial charge on any atom is -0.398 e. The van der Waals surface area contributed by atoms with Crippen molar-refractivity contribution in [3.63, 3.8) is 0 Å². The van der Waals surface area contributed by atoms with E-state index < -0.39 is 0 Å². The number of anilines is 1. The van der Waals surface area contributed by atoms with Crippen LogP contribution in [0.15, 0.2) is 18.2 Å². The van der Waals surface area contributed by atoms with Crippen LogP contribution >= 0.6 is 11.6 Å². The molecular formula is C24H41ClN2O. The molecule has 1 rings (SSSR count). The zero-order valence-corrected chi connectivity index (χ0v) is 18.9. The molecule has 0 saturated carbocycles. The number of nitrogen functional groups attached to an aromatic ring is 1. The van der Waals surface area contributed by atoms with E-state index in [1.54, 1.807) is 23.1 Å². The molecule has 3 nitrogen and oxygen atoms in total. The summed E-state index contributed by atoms with van der Waals surface area (Å²) < 4.78 is 0. The lowest BCUT2D eigenvalue weighted by atomic mass is 10.0. The number of unbranched alkanes of at least 4 members (excludes halogenated alkanes) is 13. The highest BCUT2D eigenvalue weighted by atomic mass is 35.5. The number of benzene rings is 1. The first-order valence-corrected chi connectivity index (χ1v) is 11.7. The van der Waals surface area contributed by atoms with Gasteiger partial charge in [0.1, 0.15) is 0 Å². The summed E-state index contributed by atoms with van der Waals surface area (Å²) in [5.74, 6) is 0.0121. The van der Waals surface area contributed by atoms with Gasteiger partial charge in [0.05, 0.1) is 10.7 Å². The minimum atomic E-state index is 0.0121. The summed E-state index contributed by atoms with van der Waals surface area (Å²) in [6, 6.07) is 5.08. The Morgan fingerprint density at radius 2 is 1.32 bits per heavy atom. The van der Waals surface area contributed by atoms with Gasteiger partial charge in [-0.15, -0.1) is 0 Å². The number of nitrogens with two attached hydrogens (primary N) is 1. The highest BCUT2D eigenvalue weighted by Gasteiger charge is 2.12. The van der Waals surface area contributed by atoms with Gasteiger partial charge in [0.15, 0.2) is 0 Å². The van der Waals surface area contributed by atoms with Crippen molar-refractivity contribution in [1.82, 2.24) is 4.90 Å². The van der Waals surface area contributed by atoms with Gasteiger partial charge < -0.3 is 10.6 Å². The highest BCUT2D eigenvalue weighted by molar-refractivity contribution is 6.33. The van der Waals surface area contributed by atoms with Crippen molar-refractivity contribution in [3.05, 3.63) is 28.8 Å². The molecule has 0 saturated heterocycles. The average Bonchev–Trinajstić information content (AvgIpc) is 2.69. The van der Waals surface area contributed by atoms with Crippen LogP contribution in [0, 0.1) is 0 Å². The van der Waals surface area contributed by atoms with E-state index in [9.17, 15) is 4.79 Å². The van der Waals surface area contributed by atoms with Crippen LogP contribution in [0.25, 0.3) is 0 Å². The minimum absolute atomic E-state index is 0.0121. The predicted molar refractivity (Wildman–Crippen MR) is 123 cm³/mol. The van der Waals surface area contributed by atoms with E-state index >= 15 is 0 Å². The van der Waals surface area contributed by atoms with Gasteiger partial charge in [-0.25, -0.2) is 0 Å². The Morgan fingerprint density at radius 1 is 0.857 bits per heavy atom. The van der Waals surface area contributed by atoms with Crippen molar-refractivity contribution in [3.8, 4) is 0 Å². The molecule has 0 atom stereocenters. The highest BCUT2D eigenvalue weighted by Crippen LogP contribution is 2.20. The van der Waals surface area contributed by atoms with Crippen molar-refractivity contribution in [1.29, 1.82) is 0 Å². The Bertz CT molecular complexity index is 547. The molecule has 0 aliphatic heterocycles. The van der Waals surface area contributed by atoms with Gasteiger partial charge in [-0.2, -0.15) is 0 Å². The Hall–Kier alpha value is -1.22. The molecule has 1 aromatic rings. The molecule has 160 valence electrons. The molecule has 1 amide bonds. The van der Waals surface area contributed by atoms with Crippen LogP contribution in [0.1, 0.15) is 107 Å². The third-order valence-electron chi connectivity index (χ3n) is 5.44. The van der Waals surface area contributed by atoms with Crippen molar-refractivity contribution in [2.24, 2.45) is 0 Å². The molecule has 0 unspecified atom stereocenters. The number of carbonyl (C=O) groups excluding carboxylic acids is 1. The van der Waals surface area contributed by atoms with Gasteiger partial charge in [0.2, 0.25) is 0 Å². The van der Waals surface area contributed by atoms with Gasteiger partial charge in [-0.1, -0.05) is 102 Å². The molecule has 0 aromatic heterocycles. The van der Waals surface area contributed by atoms with Crippen LogP contribution in [0.4, 0.5) is 5.69 Å². The SMILES string of the molecule is CCCCCCCCCCCCCCCCN(C)C(=O)c1ccc(Cl)c(N)c1. The second-order valence-electron chi connectivity index (χ2n) is 8.06. The molecular weight excluding hydrogens is 368 g/mol. The molecule has 28 heavy (non-hydrogen) atoms. The normalized spacial score (nSPS) is 11.0. The molecule has 2 N–H and O–H groups in total. The quantitative estimate of drug-likeness (QED) is 0.227. The Kier molecular flexibility index (Phi) is 13.9. The number of amides is 1. The fourth-order valence-corrected chi connectivity index (χ4v) is 3.66. The van der Waals surface area contributed by atoms with Crippen molar-refractivity contribution in [2.75, 3.05) is 19.3 Å². The topological polar surface area (TPSA) is 46.3 Å². The van der Waals surface area contributed by atoms with Gasteiger partial charge in [-0.3, -0.25) is 4.79 Å². The zero-order valence-electron chi connectivity index (χ0n) is 18.1. The number of halogens is 1. The smallest absolute Gasteiger partial charge is 0.253 e. The standard InChI is InChI=1S/C24H41ClN2O/c1-3-4-5-6-7-8-9-10-11-12-13-14-15-16-19-27(2)24(28)21-17-18-22(25)23(26)20-21/h17-18,20H,3-16,19,26H2,1-2H3. The number of nitrogens with zero attached hydrogens (tertiary/aromatic N) is 1. The third-order valence-corrected chi connectivity index (χ3v) is 5.78. The van der Waals surface area contributed by atoms with Crippen LogP contribution < -0.4 is 5.73 Å². The number of hydrogen-bond donors (Lipinski definition) is 1. The van der Waals surface area contributed by atoms with Crippen molar-refractivity contribution < 1.29 is 4.79 Å². The fraction of sp³-hybridized carbons (Fsp3) is 0.708. The van der Waals surface area contributed by atoms with Crippen LogP contribution in [0.5, 0.6) is 0 Å². The van der Waals surface area contributed by atoms with E-state index in [-0.39, 0.29) is 5.91 Å². The summed E-state index contributed by atoms with van der Waals surface area (Å²) in [5, 5.41) is 0.492. The molecule has 0 spiro atoms. The Balaban J connectivity index is 1.96.